The first kappa shape index (κ1) is 15.5. The molecule has 0 aliphatic carbocycles. The van der Waals surface area contributed by atoms with E-state index < -0.39 is 21.7 Å². The molecule has 1 saturated heterocycles. The Balaban J connectivity index is 2.09. The Morgan fingerprint density at radius 1 is 1.30 bits per heavy atom. The summed E-state index contributed by atoms with van der Waals surface area (Å²) in [5.74, 6) is -2.53. The summed E-state index contributed by atoms with van der Waals surface area (Å²) in [5, 5.41) is -0.197. The van der Waals surface area contributed by atoms with E-state index in [1.807, 2.05) is 0 Å². The topological polar surface area (TPSA) is 55.4 Å². The number of hydrogen-bond acceptors (Lipinski definition) is 3. The van der Waals surface area contributed by atoms with Gasteiger partial charge in [-0.05, 0) is 25.3 Å². The van der Waals surface area contributed by atoms with Crippen LogP contribution in [0.1, 0.15) is 19.3 Å². The van der Waals surface area contributed by atoms with Crippen molar-refractivity contribution in [2.45, 2.75) is 25.4 Å². The number of halogens is 3. The van der Waals surface area contributed by atoms with Gasteiger partial charge in [0.2, 0.25) is 10.0 Å². The Morgan fingerprint density at radius 3 is 2.65 bits per heavy atom. The van der Waals surface area contributed by atoms with Gasteiger partial charge in [-0.2, -0.15) is 0 Å². The zero-order valence-corrected chi connectivity index (χ0v) is 12.1. The zero-order valence-electron chi connectivity index (χ0n) is 10.5. The van der Waals surface area contributed by atoms with Gasteiger partial charge in [-0.3, -0.25) is 4.72 Å². The molecule has 1 heterocycles. The van der Waals surface area contributed by atoms with Crippen LogP contribution in [0.2, 0.25) is 5.02 Å². The second kappa shape index (κ2) is 6.24. The van der Waals surface area contributed by atoms with E-state index in [4.69, 9.17) is 16.3 Å². The minimum atomic E-state index is -3.73. The second-order valence-corrected chi connectivity index (χ2v) is 6.79. The highest BCUT2D eigenvalue weighted by atomic mass is 35.5. The third-order valence-corrected chi connectivity index (χ3v) is 4.61. The molecule has 0 amide bonds. The normalized spacial score (nSPS) is 19.9. The van der Waals surface area contributed by atoms with Crippen LogP contribution in [0.4, 0.5) is 14.5 Å². The maximum atomic E-state index is 13.1. The number of hydrogen-bond donors (Lipinski definition) is 1. The van der Waals surface area contributed by atoms with Gasteiger partial charge in [0.15, 0.2) is 11.6 Å². The molecule has 0 aromatic heterocycles. The lowest BCUT2D eigenvalue weighted by molar-refractivity contribution is 0.0306. The van der Waals surface area contributed by atoms with E-state index in [1.54, 1.807) is 0 Å². The quantitative estimate of drug-likeness (QED) is 0.866. The molecule has 1 N–H and O–H groups in total. The lowest BCUT2D eigenvalue weighted by Gasteiger charge is -2.22. The summed E-state index contributed by atoms with van der Waals surface area (Å²) in [6.45, 7) is 0.534. The fraction of sp³-hybridized carbons (Fsp3) is 0.500. The molecule has 1 aromatic carbocycles. The average molecular weight is 326 g/mol. The van der Waals surface area contributed by atoms with E-state index in [1.165, 1.54) is 0 Å². The summed E-state index contributed by atoms with van der Waals surface area (Å²) in [6, 6.07) is 1.45. The van der Waals surface area contributed by atoms with Crippen molar-refractivity contribution in [1.29, 1.82) is 0 Å². The van der Waals surface area contributed by atoms with E-state index in [-0.39, 0.29) is 22.6 Å². The van der Waals surface area contributed by atoms with Gasteiger partial charge in [0.25, 0.3) is 0 Å². The highest BCUT2D eigenvalue weighted by Gasteiger charge is 2.23. The average Bonchev–Trinajstić information content (AvgIpc) is 2.36. The van der Waals surface area contributed by atoms with Crippen LogP contribution in [-0.2, 0) is 14.8 Å². The molecule has 2 rings (SSSR count). The van der Waals surface area contributed by atoms with Gasteiger partial charge >= 0.3 is 0 Å². The van der Waals surface area contributed by atoms with Gasteiger partial charge in [0.05, 0.1) is 22.6 Å². The minimum absolute atomic E-state index is 0.179. The molecule has 1 unspecified atom stereocenters. The fourth-order valence-electron chi connectivity index (χ4n) is 1.99. The van der Waals surface area contributed by atoms with Crippen LogP contribution in [0.5, 0.6) is 0 Å². The molecule has 1 atom stereocenters. The predicted molar refractivity (Wildman–Crippen MR) is 72.4 cm³/mol. The Morgan fingerprint density at radius 2 is 2.00 bits per heavy atom. The van der Waals surface area contributed by atoms with E-state index in [9.17, 15) is 17.2 Å². The molecule has 1 aliphatic heterocycles. The summed E-state index contributed by atoms with van der Waals surface area (Å²) in [4.78, 5) is 0. The Kier molecular flexibility index (Phi) is 4.82. The van der Waals surface area contributed by atoms with Crippen LogP contribution < -0.4 is 4.72 Å². The molecule has 0 saturated carbocycles. The van der Waals surface area contributed by atoms with Crippen molar-refractivity contribution >= 4 is 27.3 Å². The molecule has 112 valence electrons. The van der Waals surface area contributed by atoms with Gasteiger partial charge in [-0.25, -0.2) is 17.2 Å². The SMILES string of the molecule is O=S(=O)(CC1CCCCO1)Nc1cc(F)c(F)cc1Cl. The molecule has 20 heavy (non-hydrogen) atoms. The first-order chi connectivity index (χ1) is 9.37. The lowest BCUT2D eigenvalue weighted by Crippen LogP contribution is -2.31. The van der Waals surface area contributed by atoms with Crippen LogP contribution in [0, 0.1) is 11.6 Å². The van der Waals surface area contributed by atoms with E-state index in [0.717, 1.165) is 25.0 Å². The summed E-state index contributed by atoms with van der Waals surface area (Å²) in [5.41, 5.74) is -0.179. The molecule has 1 fully saturated rings. The van der Waals surface area contributed by atoms with Crippen LogP contribution in [-0.4, -0.2) is 26.9 Å². The molecule has 1 aromatic rings. The number of nitrogens with one attached hydrogen (secondary N) is 1. The molecule has 8 heteroatoms. The number of benzene rings is 1. The maximum absolute atomic E-state index is 13.1. The van der Waals surface area contributed by atoms with E-state index in [0.29, 0.717) is 13.0 Å². The van der Waals surface area contributed by atoms with Gasteiger partial charge in [0.1, 0.15) is 0 Å². The Bertz CT molecular complexity index is 589. The second-order valence-electron chi connectivity index (χ2n) is 4.62. The van der Waals surface area contributed by atoms with Gasteiger partial charge < -0.3 is 4.74 Å². The molecule has 1 aliphatic rings. The van der Waals surface area contributed by atoms with Crippen molar-refractivity contribution in [3.8, 4) is 0 Å². The first-order valence-electron chi connectivity index (χ1n) is 6.14. The summed E-state index contributed by atoms with van der Waals surface area (Å²) >= 11 is 5.69. The van der Waals surface area contributed by atoms with Gasteiger partial charge in [-0.1, -0.05) is 11.6 Å². The first-order valence-corrected chi connectivity index (χ1v) is 8.17. The van der Waals surface area contributed by atoms with Crippen LogP contribution in [0.3, 0.4) is 0 Å². The monoisotopic (exact) mass is 325 g/mol. The van der Waals surface area contributed by atoms with E-state index >= 15 is 0 Å². The standard InChI is InChI=1S/C12H14ClF2NO3S/c13-9-5-10(14)11(15)6-12(9)16-20(17,18)7-8-3-1-2-4-19-8/h5-6,8,16H,1-4,7H2. The molecule has 4 nitrogen and oxygen atoms in total. The number of sulfonamides is 1. The zero-order chi connectivity index (χ0) is 14.8. The molecule has 0 radical (unpaired) electrons. The van der Waals surface area contributed by atoms with Crippen LogP contribution >= 0.6 is 11.6 Å². The third-order valence-electron chi connectivity index (χ3n) is 2.95. The third kappa shape index (κ3) is 4.04. The van der Waals surface area contributed by atoms with Crippen molar-refractivity contribution in [1.82, 2.24) is 0 Å². The van der Waals surface area contributed by atoms with Gasteiger partial charge in [-0.15, -0.1) is 0 Å². The Labute approximate surface area is 121 Å². The van der Waals surface area contributed by atoms with E-state index in [2.05, 4.69) is 4.72 Å². The van der Waals surface area contributed by atoms with Crippen molar-refractivity contribution in [2.75, 3.05) is 17.1 Å². The number of rotatable bonds is 4. The summed E-state index contributed by atoms with van der Waals surface area (Å²) in [7, 11) is -3.73. The van der Waals surface area contributed by atoms with Crippen molar-refractivity contribution < 1.29 is 21.9 Å². The molecular weight excluding hydrogens is 312 g/mol. The summed E-state index contributed by atoms with van der Waals surface area (Å²) < 4.78 is 57.4. The maximum Gasteiger partial charge on any atom is 0.235 e. The molecule has 0 spiro atoms. The Hall–Kier alpha value is -0.920. The van der Waals surface area contributed by atoms with Gasteiger partial charge in [0, 0.05) is 12.7 Å². The van der Waals surface area contributed by atoms with Crippen LogP contribution in [0.15, 0.2) is 12.1 Å². The van der Waals surface area contributed by atoms with Crippen molar-refractivity contribution in [3.05, 3.63) is 28.8 Å². The van der Waals surface area contributed by atoms with Crippen molar-refractivity contribution in [2.24, 2.45) is 0 Å². The smallest absolute Gasteiger partial charge is 0.235 e. The minimum Gasteiger partial charge on any atom is -0.377 e. The summed E-state index contributed by atoms with van der Waals surface area (Å²) in [6.07, 6.45) is 2.10. The molecule has 0 bridgehead atoms. The number of ether oxygens (including phenoxy) is 1. The van der Waals surface area contributed by atoms with Crippen molar-refractivity contribution in [3.63, 3.8) is 0 Å². The number of anilines is 1. The van der Waals surface area contributed by atoms with Crippen LogP contribution in [0.25, 0.3) is 0 Å². The predicted octanol–water partition coefficient (Wildman–Crippen LogP) is 2.93. The fourth-order valence-corrected chi connectivity index (χ4v) is 3.59. The molecular formula is C12H14ClF2NO3S. The lowest BCUT2D eigenvalue weighted by atomic mass is 10.1. The largest absolute Gasteiger partial charge is 0.377 e. The highest BCUT2D eigenvalue weighted by Crippen LogP contribution is 2.26. The highest BCUT2D eigenvalue weighted by molar-refractivity contribution is 7.92.